The van der Waals surface area contributed by atoms with Crippen molar-refractivity contribution in [2.45, 2.75) is 13.5 Å². The summed E-state index contributed by atoms with van der Waals surface area (Å²) in [6, 6.07) is 25.2. The van der Waals surface area contributed by atoms with Crippen molar-refractivity contribution in [2.75, 3.05) is 19.5 Å². The normalized spacial score (nSPS) is 10.8. The number of aromatic nitrogens is 3. The Morgan fingerprint density at radius 3 is 2.12 bits per heavy atom. The quantitative estimate of drug-likeness (QED) is 0.168. The Kier molecular flexibility index (Phi) is 7.37. The fourth-order valence-electron chi connectivity index (χ4n) is 4.56. The van der Waals surface area contributed by atoms with Crippen LogP contribution in [0.2, 0.25) is 0 Å². The van der Waals surface area contributed by atoms with E-state index in [1.807, 2.05) is 36.4 Å². The second-order valence-electron chi connectivity index (χ2n) is 9.01. The van der Waals surface area contributed by atoms with Gasteiger partial charge in [0.15, 0.2) is 5.65 Å². The number of hydrogen-bond acceptors (Lipinski definition) is 7. The third-order valence-electron chi connectivity index (χ3n) is 6.45. The van der Waals surface area contributed by atoms with E-state index in [1.165, 1.54) is 14.2 Å². The molecule has 2 heterocycles. The summed E-state index contributed by atoms with van der Waals surface area (Å²) in [7, 11) is 2.76. The maximum Gasteiger partial charge on any atom is 0.339 e. The Balaban J connectivity index is 1.71. The number of aryl methyl sites for hydroxylation is 1. The second kappa shape index (κ2) is 11.2. The predicted molar refractivity (Wildman–Crippen MR) is 151 cm³/mol. The zero-order chi connectivity index (χ0) is 28.2. The van der Waals surface area contributed by atoms with Crippen LogP contribution in [-0.2, 0) is 16.1 Å². The van der Waals surface area contributed by atoms with Crippen molar-refractivity contribution in [2.24, 2.45) is 0 Å². The van der Waals surface area contributed by atoms with E-state index in [1.54, 1.807) is 60.1 Å². The highest BCUT2D eigenvalue weighted by atomic mass is 16.5. The molecule has 9 nitrogen and oxygen atoms in total. The van der Waals surface area contributed by atoms with Gasteiger partial charge in [-0.05, 0) is 36.8 Å². The molecule has 9 heteroatoms. The number of rotatable bonds is 8. The fourth-order valence-corrected chi connectivity index (χ4v) is 4.56. The van der Waals surface area contributed by atoms with Gasteiger partial charge in [-0.15, -0.1) is 0 Å². The van der Waals surface area contributed by atoms with Crippen molar-refractivity contribution in [3.8, 4) is 17.0 Å². The van der Waals surface area contributed by atoms with Crippen LogP contribution < -0.4 is 10.1 Å². The lowest BCUT2D eigenvalue weighted by atomic mass is 9.94. The van der Waals surface area contributed by atoms with Crippen LogP contribution in [0.25, 0.3) is 22.3 Å². The number of ketones is 1. The number of nitrogens with zero attached hydrogens (tertiary/aromatic N) is 3. The standard InChI is InChI=1S/C31H26N4O5/c1-19-24-25(31(38)40-3)26(28(36)30(37)32-22-14-16-23(39-2)17-15-22)27(21-12-8-5-9-13-21)33-29(24)35(34-19)18-20-10-6-4-7-11-20/h4-17H,18H2,1-3H3,(H,32,37). The van der Waals surface area contributed by atoms with E-state index in [9.17, 15) is 14.4 Å². The molecule has 5 aromatic rings. The first-order valence-electron chi connectivity index (χ1n) is 12.5. The summed E-state index contributed by atoms with van der Waals surface area (Å²) in [5, 5.41) is 7.61. The van der Waals surface area contributed by atoms with E-state index < -0.39 is 17.7 Å². The van der Waals surface area contributed by atoms with Gasteiger partial charge in [-0.25, -0.2) is 14.5 Å². The first-order valence-corrected chi connectivity index (χ1v) is 12.5. The number of anilines is 1. The fraction of sp³-hybridized carbons (Fsp3) is 0.129. The minimum Gasteiger partial charge on any atom is -0.497 e. The van der Waals surface area contributed by atoms with E-state index >= 15 is 0 Å². The zero-order valence-electron chi connectivity index (χ0n) is 22.2. The van der Waals surface area contributed by atoms with Crippen LogP contribution in [-0.4, -0.2) is 46.6 Å². The summed E-state index contributed by atoms with van der Waals surface area (Å²) >= 11 is 0. The number of benzene rings is 3. The molecule has 5 rings (SSSR count). The average molecular weight is 535 g/mol. The van der Waals surface area contributed by atoms with Crippen molar-refractivity contribution in [3.05, 3.63) is 107 Å². The predicted octanol–water partition coefficient (Wildman–Crippen LogP) is 5.07. The molecule has 1 amide bonds. The van der Waals surface area contributed by atoms with E-state index in [0.717, 1.165) is 5.56 Å². The van der Waals surface area contributed by atoms with E-state index in [4.69, 9.17) is 14.5 Å². The first-order chi connectivity index (χ1) is 19.4. The minimum atomic E-state index is -0.931. The monoisotopic (exact) mass is 534 g/mol. The molecule has 200 valence electrons. The van der Waals surface area contributed by atoms with Crippen LogP contribution in [0.3, 0.4) is 0 Å². The number of Topliss-reactive ketones (excluding diaryl/α,β-unsaturated/α-hetero) is 1. The number of ether oxygens (including phenoxy) is 2. The summed E-state index contributed by atoms with van der Waals surface area (Å²) in [5.41, 5.74) is 2.76. The Bertz CT molecular complexity index is 1710. The maximum absolute atomic E-state index is 13.8. The van der Waals surface area contributed by atoms with Crippen LogP contribution in [0.1, 0.15) is 32.0 Å². The number of fused-ring (bicyclic) bond motifs is 1. The van der Waals surface area contributed by atoms with Crippen molar-refractivity contribution in [1.82, 2.24) is 14.8 Å². The molecule has 0 bridgehead atoms. The minimum absolute atomic E-state index is 0.0574. The highest BCUT2D eigenvalue weighted by Gasteiger charge is 2.33. The van der Waals surface area contributed by atoms with Crippen molar-refractivity contribution < 1.29 is 23.9 Å². The Hall–Kier alpha value is -5.31. The van der Waals surface area contributed by atoms with Crippen LogP contribution in [0, 0.1) is 6.92 Å². The van der Waals surface area contributed by atoms with Gasteiger partial charge in [-0.3, -0.25) is 9.59 Å². The SMILES string of the molecule is COC(=O)c1c(C(=O)C(=O)Nc2ccc(OC)cc2)c(-c2ccccc2)nc2c1c(C)nn2Cc1ccccc1. The van der Waals surface area contributed by atoms with Gasteiger partial charge in [0.05, 0.1) is 48.7 Å². The van der Waals surface area contributed by atoms with E-state index in [2.05, 4.69) is 10.4 Å². The van der Waals surface area contributed by atoms with Gasteiger partial charge in [0.1, 0.15) is 5.75 Å². The Morgan fingerprint density at radius 2 is 1.50 bits per heavy atom. The molecule has 0 aliphatic carbocycles. The van der Waals surface area contributed by atoms with Gasteiger partial charge in [0, 0.05) is 11.3 Å². The summed E-state index contributed by atoms with van der Waals surface area (Å²) in [6.45, 7) is 2.12. The lowest BCUT2D eigenvalue weighted by Crippen LogP contribution is -2.26. The van der Waals surface area contributed by atoms with Gasteiger partial charge in [-0.1, -0.05) is 60.7 Å². The third kappa shape index (κ3) is 5.04. The smallest absolute Gasteiger partial charge is 0.339 e. The Morgan fingerprint density at radius 1 is 0.850 bits per heavy atom. The molecule has 0 radical (unpaired) electrons. The number of esters is 1. The number of hydrogen-bond donors (Lipinski definition) is 1. The molecule has 0 spiro atoms. The molecule has 2 aromatic heterocycles. The van der Waals surface area contributed by atoms with Crippen LogP contribution in [0.15, 0.2) is 84.9 Å². The van der Waals surface area contributed by atoms with Gasteiger partial charge in [-0.2, -0.15) is 5.10 Å². The van der Waals surface area contributed by atoms with Crippen molar-refractivity contribution >= 4 is 34.4 Å². The lowest BCUT2D eigenvalue weighted by molar-refractivity contribution is -0.112. The molecule has 0 atom stereocenters. The lowest BCUT2D eigenvalue weighted by Gasteiger charge is -2.15. The molecule has 1 N–H and O–H groups in total. The number of pyridine rings is 1. The van der Waals surface area contributed by atoms with Crippen molar-refractivity contribution in [1.29, 1.82) is 0 Å². The van der Waals surface area contributed by atoms with Gasteiger partial charge in [0.2, 0.25) is 0 Å². The third-order valence-corrected chi connectivity index (χ3v) is 6.45. The number of methoxy groups -OCH3 is 2. The van der Waals surface area contributed by atoms with E-state index in [-0.39, 0.29) is 16.8 Å². The van der Waals surface area contributed by atoms with Gasteiger partial charge < -0.3 is 14.8 Å². The molecule has 0 saturated heterocycles. The Labute approximate surface area is 230 Å². The summed E-state index contributed by atoms with van der Waals surface area (Å²) in [4.78, 5) is 45.3. The molecule has 0 saturated carbocycles. The molecular weight excluding hydrogens is 508 g/mol. The maximum atomic E-state index is 13.8. The second-order valence-corrected chi connectivity index (χ2v) is 9.01. The zero-order valence-corrected chi connectivity index (χ0v) is 22.2. The number of carbonyl (C=O) groups is 3. The van der Waals surface area contributed by atoms with Crippen LogP contribution in [0.4, 0.5) is 5.69 Å². The molecule has 0 aliphatic rings. The summed E-state index contributed by atoms with van der Waals surface area (Å²) in [6.07, 6.45) is 0. The van der Waals surface area contributed by atoms with Crippen molar-refractivity contribution in [3.63, 3.8) is 0 Å². The van der Waals surface area contributed by atoms with Gasteiger partial charge in [0.25, 0.3) is 11.7 Å². The average Bonchev–Trinajstić information content (AvgIpc) is 3.30. The number of amides is 1. The van der Waals surface area contributed by atoms with Gasteiger partial charge >= 0.3 is 5.97 Å². The largest absolute Gasteiger partial charge is 0.497 e. The molecule has 0 fully saturated rings. The topological polar surface area (TPSA) is 112 Å². The molecule has 3 aromatic carbocycles. The number of carbonyl (C=O) groups excluding carboxylic acids is 3. The summed E-state index contributed by atoms with van der Waals surface area (Å²) in [5.74, 6) is -2.03. The van der Waals surface area contributed by atoms with E-state index in [0.29, 0.717) is 40.3 Å². The van der Waals surface area contributed by atoms with Crippen LogP contribution >= 0.6 is 0 Å². The molecule has 0 aliphatic heterocycles. The van der Waals surface area contributed by atoms with Crippen LogP contribution in [0.5, 0.6) is 5.75 Å². The molecule has 0 unspecified atom stereocenters. The highest BCUT2D eigenvalue weighted by molar-refractivity contribution is 6.49. The highest BCUT2D eigenvalue weighted by Crippen LogP contribution is 2.33. The molecule has 40 heavy (non-hydrogen) atoms. The molecular formula is C31H26N4O5. The first kappa shape index (κ1) is 26.3. The number of nitrogens with one attached hydrogen (secondary N) is 1. The summed E-state index contributed by atoms with van der Waals surface area (Å²) < 4.78 is 12.0.